The molecule has 1 aromatic carbocycles. The number of guanidine groups is 1. The van der Waals surface area contributed by atoms with Gasteiger partial charge in [-0.05, 0) is 17.7 Å². The first kappa shape index (κ1) is 14.9. The Bertz CT molecular complexity index is 746. The standard InChI is InChI=1S/C15H16ClN5S/c1-17-14(18-8-11-2-4-12(16)5-3-11)19-9-13-10-21-6-7-22-15(21)20-13/h2-7,10H,8-9H2,1H3,(H2,17,18,19). The smallest absolute Gasteiger partial charge is 0.193 e. The monoisotopic (exact) mass is 333 g/mol. The van der Waals surface area contributed by atoms with E-state index in [0.29, 0.717) is 13.1 Å². The van der Waals surface area contributed by atoms with Crippen LogP contribution in [-0.2, 0) is 13.1 Å². The number of imidazole rings is 1. The fourth-order valence-corrected chi connectivity index (χ4v) is 2.89. The number of aliphatic imine (C=N–C) groups is 1. The fraction of sp³-hybridized carbons (Fsp3) is 0.200. The normalized spacial score (nSPS) is 11.8. The third-order valence-corrected chi connectivity index (χ3v) is 4.20. The van der Waals surface area contributed by atoms with Crippen molar-refractivity contribution >= 4 is 33.9 Å². The highest BCUT2D eigenvalue weighted by Gasteiger charge is 2.04. The van der Waals surface area contributed by atoms with Crippen LogP contribution in [0.25, 0.3) is 4.96 Å². The quantitative estimate of drug-likeness (QED) is 0.570. The lowest BCUT2D eigenvalue weighted by Gasteiger charge is -2.11. The number of halogens is 1. The Morgan fingerprint density at radius 1 is 1.27 bits per heavy atom. The Labute approximate surface area is 137 Å². The van der Waals surface area contributed by atoms with Crippen LogP contribution in [0.15, 0.2) is 47.0 Å². The Balaban J connectivity index is 1.53. The summed E-state index contributed by atoms with van der Waals surface area (Å²) in [6.07, 6.45) is 4.02. The van der Waals surface area contributed by atoms with Gasteiger partial charge in [0.25, 0.3) is 0 Å². The molecule has 0 radical (unpaired) electrons. The Morgan fingerprint density at radius 3 is 2.77 bits per heavy atom. The van der Waals surface area contributed by atoms with Crippen LogP contribution in [-0.4, -0.2) is 22.4 Å². The van der Waals surface area contributed by atoms with E-state index in [0.717, 1.165) is 27.2 Å². The van der Waals surface area contributed by atoms with Gasteiger partial charge in [0.05, 0.1) is 12.2 Å². The molecular formula is C15H16ClN5S. The first-order valence-electron chi connectivity index (χ1n) is 6.84. The average Bonchev–Trinajstić information content (AvgIpc) is 3.10. The van der Waals surface area contributed by atoms with Crippen molar-refractivity contribution in [3.05, 3.63) is 58.3 Å². The zero-order valence-corrected chi connectivity index (χ0v) is 13.7. The zero-order valence-electron chi connectivity index (χ0n) is 12.1. The summed E-state index contributed by atoms with van der Waals surface area (Å²) in [4.78, 5) is 9.74. The highest BCUT2D eigenvalue weighted by Crippen LogP contribution is 2.11. The number of hydrogen-bond donors (Lipinski definition) is 2. The van der Waals surface area contributed by atoms with E-state index in [9.17, 15) is 0 Å². The molecule has 5 nitrogen and oxygen atoms in total. The zero-order chi connectivity index (χ0) is 15.4. The Kier molecular flexibility index (Phi) is 4.60. The van der Waals surface area contributed by atoms with E-state index in [1.54, 1.807) is 18.4 Å². The minimum Gasteiger partial charge on any atom is -0.352 e. The minimum absolute atomic E-state index is 0.634. The van der Waals surface area contributed by atoms with Crippen LogP contribution in [0.5, 0.6) is 0 Å². The maximum absolute atomic E-state index is 5.88. The Hall–Kier alpha value is -2.05. The van der Waals surface area contributed by atoms with Gasteiger partial charge in [-0.2, -0.15) is 0 Å². The van der Waals surface area contributed by atoms with Crippen LogP contribution < -0.4 is 10.6 Å². The van der Waals surface area contributed by atoms with E-state index in [-0.39, 0.29) is 0 Å². The predicted octanol–water partition coefficient (Wildman–Crippen LogP) is 2.91. The fourth-order valence-electron chi connectivity index (χ4n) is 2.04. The van der Waals surface area contributed by atoms with E-state index in [1.165, 1.54) is 0 Å². The molecule has 0 saturated heterocycles. The van der Waals surface area contributed by atoms with Gasteiger partial charge in [-0.3, -0.25) is 9.39 Å². The average molecular weight is 334 g/mol. The molecule has 2 N–H and O–H groups in total. The van der Waals surface area contributed by atoms with Crippen molar-refractivity contribution in [1.82, 2.24) is 20.0 Å². The molecule has 0 aliphatic carbocycles. The van der Waals surface area contributed by atoms with Crippen molar-refractivity contribution in [2.24, 2.45) is 4.99 Å². The lowest BCUT2D eigenvalue weighted by atomic mass is 10.2. The lowest BCUT2D eigenvalue weighted by molar-refractivity contribution is 0.798. The number of nitrogens with zero attached hydrogens (tertiary/aromatic N) is 3. The molecule has 2 heterocycles. The summed E-state index contributed by atoms with van der Waals surface area (Å²) in [5.74, 6) is 0.742. The maximum atomic E-state index is 5.88. The molecule has 0 spiro atoms. The molecule has 0 unspecified atom stereocenters. The topological polar surface area (TPSA) is 53.7 Å². The molecule has 0 fully saturated rings. The van der Waals surface area contributed by atoms with E-state index >= 15 is 0 Å². The molecule has 0 aliphatic heterocycles. The highest BCUT2D eigenvalue weighted by atomic mass is 35.5. The second-order valence-electron chi connectivity index (χ2n) is 4.73. The summed E-state index contributed by atoms with van der Waals surface area (Å²) in [7, 11) is 1.75. The summed E-state index contributed by atoms with van der Waals surface area (Å²) >= 11 is 7.50. The van der Waals surface area contributed by atoms with Gasteiger partial charge in [0.2, 0.25) is 0 Å². The van der Waals surface area contributed by atoms with E-state index in [2.05, 4.69) is 20.6 Å². The summed E-state index contributed by atoms with van der Waals surface area (Å²) in [6, 6.07) is 7.75. The number of aromatic nitrogens is 2. The molecule has 0 atom stereocenters. The van der Waals surface area contributed by atoms with Crippen LogP contribution in [0.2, 0.25) is 5.02 Å². The molecule has 0 amide bonds. The van der Waals surface area contributed by atoms with Gasteiger partial charge in [-0.25, -0.2) is 4.98 Å². The summed E-state index contributed by atoms with van der Waals surface area (Å²) in [6.45, 7) is 1.32. The first-order valence-corrected chi connectivity index (χ1v) is 8.10. The van der Waals surface area contributed by atoms with Gasteiger partial charge in [0.1, 0.15) is 0 Å². The van der Waals surface area contributed by atoms with Gasteiger partial charge in [-0.15, -0.1) is 11.3 Å². The van der Waals surface area contributed by atoms with Crippen LogP contribution >= 0.6 is 22.9 Å². The van der Waals surface area contributed by atoms with Crippen LogP contribution in [0, 0.1) is 0 Å². The number of fused-ring (bicyclic) bond motifs is 1. The molecule has 114 valence electrons. The van der Waals surface area contributed by atoms with Crippen LogP contribution in [0.3, 0.4) is 0 Å². The van der Waals surface area contributed by atoms with Crippen LogP contribution in [0.1, 0.15) is 11.3 Å². The second-order valence-corrected chi connectivity index (χ2v) is 6.04. The Morgan fingerprint density at radius 2 is 2.05 bits per heavy atom. The summed E-state index contributed by atoms with van der Waals surface area (Å²) < 4.78 is 2.02. The maximum Gasteiger partial charge on any atom is 0.193 e. The van der Waals surface area contributed by atoms with E-state index < -0.39 is 0 Å². The van der Waals surface area contributed by atoms with Gasteiger partial charge in [-0.1, -0.05) is 23.7 Å². The van der Waals surface area contributed by atoms with Gasteiger partial charge >= 0.3 is 0 Å². The van der Waals surface area contributed by atoms with Gasteiger partial charge < -0.3 is 10.6 Å². The first-order chi connectivity index (χ1) is 10.7. The number of nitrogens with one attached hydrogen (secondary N) is 2. The largest absolute Gasteiger partial charge is 0.352 e. The number of thiazole rings is 1. The SMILES string of the molecule is CN=C(NCc1ccc(Cl)cc1)NCc1cn2ccsc2n1. The van der Waals surface area contributed by atoms with Gasteiger partial charge in [0.15, 0.2) is 10.9 Å². The summed E-state index contributed by atoms with van der Waals surface area (Å²) in [5.41, 5.74) is 2.14. The molecule has 2 aromatic heterocycles. The molecule has 7 heteroatoms. The van der Waals surface area contributed by atoms with E-state index in [4.69, 9.17) is 11.6 Å². The van der Waals surface area contributed by atoms with Crippen molar-refractivity contribution in [1.29, 1.82) is 0 Å². The molecule has 0 bridgehead atoms. The number of hydrogen-bond acceptors (Lipinski definition) is 3. The summed E-state index contributed by atoms with van der Waals surface area (Å²) in [5, 5.41) is 9.29. The lowest BCUT2D eigenvalue weighted by Crippen LogP contribution is -2.36. The second kappa shape index (κ2) is 6.81. The van der Waals surface area contributed by atoms with Crippen molar-refractivity contribution in [3.63, 3.8) is 0 Å². The molecule has 0 aliphatic rings. The third-order valence-electron chi connectivity index (χ3n) is 3.18. The predicted molar refractivity (Wildman–Crippen MR) is 91.6 cm³/mol. The molecular weight excluding hydrogens is 318 g/mol. The molecule has 0 saturated carbocycles. The highest BCUT2D eigenvalue weighted by molar-refractivity contribution is 7.15. The molecule has 22 heavy (non-hydrogen) atoms. The molecule has 3 rings (SSSR count). The number of rotatable bonds is 4. The minimum atomic E-state index is 0.634. The van der Waals surface area contributed by atoms with Crippen molar-refractivity contribution in [3.8, 4) is 0 Å². The molecule has 3 aromatic rings. The van der Waals surface area contributed by atoms with Crippen molar-refractivity contribution < 1.29 is 0 Å². The van der Waals surface area contributed by atoms with Gasteiger partial charge in [0, 0.05) is 36.4 Å². The van der Waals surface area contributed by atoms with Crippen molar-refractivity contribution in [2.45, 2.75) is 13.1 Å². The third kappa shape index (κ3) is 3.58. The van der Waals surface area contributed by atoms with Crippen LogP contribution in [0.4, 0.5) is 0 Å². The van der Waals surface area contributed by atoms with Crippen molar-refractivity contribution in [2.75, 3.05) is 7.05 Å². The van der Waals surface area contributed by atoms with E-state index in [1.807, 2.05) is 46.4 Å². The number of benzene rings is 1.